The van der Waals surface area contributed by atoms with Crippen molar-refractivity contribution in [3.63, 3.8) is 0 Å². The Hall–Kier alpha value is -0.340. The summed E-state index contributed by atoms with van der Waals surface area (Å²) in [6.07, 6.45) is 4.27. The van der Waals surface area contributed by atoms with Crippen molar-refractivity contribution in [2.45, 2.75) is 6.92 Å². The smallest absolute Gasteiger partial charge is 0.0522 e. The lowest BCUT2D eigenvalue weighted by Crippen LogP contribution is -2.06. The van der Waals surface area contributed by atoms with Crippen molar-refractivity contribution in [3.8, 4) is 0 Å². The molecular formula is C8H17NO. The van der Waals surface area contributed by atoms with Crippen LogP contribution < -0.4 is 5.32 Å². The van der Waals surface area contributed by atoms with E-state index < -0.39 is 0 Å². The topological polar surface area (TPSA) is 21.3 Å². The average Bonchev–Trinajstić information content (AvgIpc) is 1.89. The molecule has 0 aromatic heterocycles. The third-order valence-corrected chi connectivity index (χ3v) is 1.22. The molecule has 0 rings (SSSR count). The molecule has 0 saturated carbocycles. The summed E-state index contributed by atoms with van der Waals surface area (Å²) < 4.78 is 4.96. The summed E-state index contributed by atoms with van der Waals surface area (Å²) in [5, 5.41) is 3.04. The second-order valence-corrected chi connectivity index (χ2v) is 2.42. The fraction of sp³-hybridized carbons (Fsp3) is 0.750. The molecule has 0 fully saturated rings. The molecule has 0 saturated heterocycles. The van der Waals surface area contributed by atoms with Crippen LogP contribution in [-0.4, -0.2) is 27.3 Å². The molecule has 1 unspecified atom stereocenters. The lowest BCUT2D eigenvalue weighted by Gasteiger charge is -2.02. The van der Waals surface area contributed by atoms with Crippen molar-refractivity contribution in [3.05, 3.63) is 12.2 Å². The van der Waals surface area contributed by atoms with E-state index in [1.165, 1.54) is 0 Å². The number of methoxy groups -OCH3 is 1. The maximum absolute atomic E-state index is 4.96. The molecule has 0 radical (unpaired) electrons. The first-order valence-corrected chi connectivity index (χ1v) is 3.61. The third kappa shape index (κ3) is 5.79. The molecule has 0 aliphatic heterocycles. The molecule has 0 aliphatic rings. The lowest BCUT2D eigenvalue weighted by molar-refractivity contribution is 0.176. The highest BCUT2D eigenvalue weighted by Gasteiger charge is 1.92. The summed E-state index contributed by atoms with van der Waals surface area (Å²) in [4.78, 5) is 0. The van der Waals surface area contributed by atoms with Gasteiger partial charge in [0.15, 0.2) is 0 Å². The van der Waals surface area contributed by atoms with E-state index in [1.54, 1.807) is 7.11 Å². The quantitative estimate of drug-likeness (QED) is 0.581. The molecule has 0 heterocycles. The Balaban J connectivity index is 3.26. The molecule has 0 aliphatic carbocycles. The number of rotatable bonds is 5. The fourth-order valence-corrected chi connectivity index (χ4v) is 0.737. The monoisotopic (exact) mass is 143 g/mol. The molecule has 1 atom stereocenters. The Morgan fingerprint density at radius 2 is 2.30 bits per heavy atom. The van der Waals surface area contributed by atoms with E-state index in [2.05, 4.69) is 24.4 Å². The molecule has 0 bridgehead atoms. The Labute approximate surface area is 63.3 Å². The largest absolute Gasteiger partial charge is 0.384 e. The zero-order valence-corrected chi connectivity index (χ0v) is 7.05. The summed E-state index contributed by atoms with van der Waals surface area (Å²) >= 11 is 0. The van der Waals surface area contributed by atoms with Crippen LogP contribution in [0.3, 0.4) is 0 Å². The summed E-state index contributed by atoms with van der Waals surface area (Å²) in [7, 11) is 3.66. The number of hydrogen-bond donors (Lipinski definition) is 1. The minimum absolute atomic E-state index is 0.526. The second-order valence-electron chi connectivity index (χ2n) is 2.42. The second kappa shape index (κ2) is 6.78. The lowest BCUT2D eigenvalue weighted by atomic mass is 10.2. The average molecular weight is 143 g/mol. The van der Waals surface area contributed by atoms with Crippen molar-refractivity contribution >= 4 is 0 Å². The third-order valence-electron chi connectivity index (χ3n) is 1.22. The maximum atomic E-state index is 4.96. The molecule has 60 valence electrons. The van der Waals surface area contributed by atoms with Crippen LogP contribution in [0.25, 0.3) is 0 Å². The van der Waals surface area contributed by atoms with E-state index in [-0.39, 0.29) is 0 Å². The standard InChI is InChI=1S/C8H17NO/c1-8(7-10-3)5-4-6-9-2/h4-5,8-9H,6-7H2,1-3H3/b5-4+. The highest BCUT2D eigenvalue weighted by molar-refractivity contribution is 4.87. The van der Waals surface area contributed by atoms with Crippen LogP contribution in [0.1, 0.15) is 6.92 Å². The van der Waals surface area contributed by atoms with Gasteiger partial charge in [-0.25, -0.2) is 0 Å². The van der Waals surface area contributed by atoms with Crippen molar-refractivity contribution in [2.75, 3.05) is 27.3 Å². The van der Waals surface area contributed by atoms with E-state index in [0.29, 0.717) is 5.92 Å². The highest BCUT2D eigenvalue weighted by Crippen LogP contribution is 1.95. The van der Waals surface area contributed by atoms with E-state index >= 15 is 0 Å². The van der Waals surface area contributed by atoms with Gasteiger partial charge in [-0.1, -0.05) is 19.1 Å². The van der Waals surface area contributed by atoms with E-state index in [1.807, 2.05) is 7.05 Å². The molecule has 2 nitrogen and oxygen atoms in total. The van der Waals surface area contributed by atoms with Gasteiger partial charge in [-0.05, 0) is 13.0 Å². The van der Waals surface area contributed by atoms with Gasteiger partial charge in [0.2, 0.25) is 0 Å². The first kappa shape index (κ1) is 9.66. The number of ether oxygens (including phenoxy) is 1. The van der Waals surface area contributed by atoms with Gasteiger partial charge in [0.25, 0.3) is 0 Å². The molecule has 0 amide bonds. The summed E-state index contributed by atoms with van der Waals surface area (Å²) in [6, 6.07) is 0. The van der Waals surface area contributed by atoms with Crippen molar-refractivity contribution < 1.29 is 4.74 Å². The zero-order valence-electron chi connectivity index (χ0n) is 7.05. The van der Waals surface area contributed by atoms with Crippen molar-refractivity contribution in [1.82, 2.24) is 5.32 Å². The minimum Gasteiger partial charge on any atom is -0.384 e. The molecular weight excluding hydrogens is 126 g/mol. The zero-order chi connectivity index (χ0) is 7.82. The van der Waals surface area contributed by atoms with Crippen LogP contribution in [0.15, 0.2) is 12.2 Å². The highest BCUT2D eigenvalue weighted by atomic mass is 16.5. The van der Waals surface area contributed by atoms with E-state index in [0.717, 1.165) is 13.2 Å². The Morgan fingerprint density at radius 3 is 2.80 bits per heavy atom. The maximum Gasteiger partial charge on any atom is 0.0522 e. The summed E-state index contributed by atoms with van der Waals surface area (Å²) in [6.45, 7) is 3.88. The Bertz CT molecular complexity index is 91.3. The Kier molecular flexibility index (Phi) is 6.55. The van der Waals surface area contributed by atoms with Crippen LogP contribution >= 0.6 is 0 Å². The molecule has 2 heteroatoms. The number of likely N-dealkylation sites (N-methyl/N-ethyl adjacent to an activating group) is 1. The predicted octanol–water partition coefficient (Wildman–Crippen LogP) is 1.04. The van der Waals surface area contributed by atoms with Gasteiger partial charge in [-0.3, -0.25) is 0 Å². The van der Waals surface area contributed by atoms with Gasteiger partial charge in [-0.15, -0.1) is 0 Å². The van der Waals surface area contributed by atoms with Crippen LogP contribution in [0.5, 0.6) is 0 Å². The molecule has 10 heavy (non-hydrogen) atoms. The van der Waals surface area contributed by atoms with E-state index in [4.69, 9.17) is 4.74 Å². The van der Waals surface area contributed by atoms with Gasteiger partial charge in [0.1, 0.15) is 0 Å². The molecule has 0 aromatic rings. The van der Waals surface area contributed by atoms with Crippen molar-refractivity contribution in [1.29, 1.82) is 0 Å². The van der Waals surface area contributed by atoms with Gasteiger partial charge < -0.3 is 10.1 Å². The normalized spacial score (nSPS) is 14.3. The van der Waals surface area contributed by atoms with Crippen LogP contribution in [0, 0.1) is 5.92 Å². The van der Waals surface area contributed by atoms with Gasteiger partial charge in [0.05, 0.1) is 6.61 Å². The summed E-state index contributed by atoms with van der Waals surface area (Å²) in [5.74, 6) is 0.526. The number of hydrogen-bond acceptors (Lipinski definition) is 2. The van der Waals surface area contributed by atoms with Gasteiger partial charge in [-0.2, -0.15) is 0 Å². The first-order valence-electron chi connectivity index (χ1n) is 3.61. The summed E-state index contributed by atoms with van der Waals surface area (Å²) in [5.41, 5.74) is 0. The molecule has 0 aromatic carbocycles. The van der Waals surface area contributed by atoms with Gasteiger partial charge >= 0.3 is 0 Å². The first-order chi connectivity index (χ1) is 4.81. The van der Waals surface area contributed by atoms with Crippen LogP contribution in [0.2, 0.25) is 0 Å². The molecule has 0 spiro atoms. The van der Waals surface area contributed by atoms with Crippen molar-refractivity contribution in [2.24, 2.45) is 5.92 Å². The van der Waals surface area contributed by atoms with Gasteiger partial charge in [0, 0.05) is 13.7 Å². The number of nitrogens with one attached hydrogen (secondary N) is 1. The minimum atomic E-state index is 0.526. The predicted molar refractivity (Wildman–Crippen MR) is 44.1 cm³/mol. The van der Waals surface area contributed by atoms with E-state index in [9.17, 15) is 0 Å². The SMILES string of the molecule is CNC/C=C/C(C)COC. The van der Waals surface area contributed by atoms with Crippen LogP contribution in [0.4, 0.5) is 0 Å². The molecule has 1 N–H and O–H groups in total. The van der Waals surface area contributed by atoms with Crippen LogP contribution in [-0.2, 0) is 4.74 Å². The fourth-order valence-electron chi connectivity index (χ4n) is 0.737. The Morgan fingerprint density at radius 1 is 1.60 bits per heavy atom.